The van der Waals surface area contributed by atoms with Gasteiger partial charge in [-0.25, -0.2) is 14.4 Å². The summed E-state index contributed by atoms with van der Waals surface area (Å²) in [5.41, 5.74) is 7.35. The van der Waals surface area contributed by atoms with Crippen molar-refractivity contribution < 1.29 is 4.39 Å². The maximum Gasteiger partial charge on any atom is 0.136 e. The van der Waals surface area contributed by atoms with Crippen molar-refractivity contribution in [2.24, 2.45) is 5.73 Å². The zero-order valence-electron chi connectivity index (χ0n) is 12.5. The number of halogens is 1. The highest BCUT2D eigenvalue weighted by atomic mass is 19.1. The van der Waals surface area contributed by atoms with Crippen molar-refractivity contribution in [3.8, 4) is 0 Å². The predicted molar refractivity (Wildman–Crippen MR) is 83.2 cm³/mol. The molecular weight excluding hydrogens is 267 g/mol. The van der Waals surface area contributed by atoms with Crippen LogP contribution in [-0.4, -0.2) is 23.1 Å². The van der Waals surface area contributed by atoms with Gasteiger partial charge in [0, 0.05) is 24.0 Å². The van der Waals surface area contributed by atoms with Gasteiger partial charge >= 0.3 is 0 Å². The standard InChI is InChI=1S/C16H21FN4/c1-12(2)15-10-16(20-11-19-15)21(8-4-7-18)14-6-3-5-13(17)9-14/h3,5-6,9-12H,4,7-8,18H2,1-2H3. The number of nitrogens with two attached hydrogens (primary N) is 1. The molecule has 5 heteroatoms. The first-order valence-corrected chi connectivity index (χ1v) is 7.17. The number of benzene rings is 1. The summed E-state index contributed by atoms with van der Waals surface area (Å²) in [5.74, 6) is 0.826. The van der Waals surface area contributed by atoms with Crippen LogP contribution in [0, 0.1) is 5.82 Å². The number of nitrogens with zero attached hydrogens (tertiary/aromatic N) is 3. The van der Waals surface area contributed by atoms with E-state index in [-0.39, 0.29) is 5.82 Å². The summed E-state index contributed by atoms with van der Waals surface area (Å²) in [6.45, 7) is 5.43. The third-order valence-corrected chi connectivity index (χ3v) is 3.25. The first-order chi connectivity index (χ1) is 10.1. The van der Waals surface area contributed by atoms with E-state index in [4.69, 9.17) is 5.73 Å². The molecule has 0 saturated carbocycles. The highest BCUT2D eigenvalue weighted by Gasteiger charge is 2.13. The van der Waals surface area contributed by atoms with Crippen LogP contribution in [0.2, 0.25) is 0 Å². The first kappa shape index (κ1) is 15.4. The van der Waals surface area contributed by atoms with E-state index in [1.54, 1.807) is 12.4 Å². The quantitative estimate of drug-likeness (QED) is 0.886. The average Bonchev–Trinajstić information content (AvgIpc) is 2.48. The molecule has 1 aromatic heterocycles. The van der Waals surface area contributed by atoms with Gasteiger partial charge in [-0.1, -0.05) is 19.9 Å². The summed E-state index contributed by atoms with van der Waals surface area (Å²) in [4.78, 5) is 10.6. The van der Waals surface area contributed by atoms with Crippen molar-refractivity contribution in [2.45, 2.75) is 26.2 Å². The Labute approximate surface area is 124 Å². The fourth-order valence-electron chi connectivity index (χ4n) is 2.09. The van der Waals surface area contributed by atoms with E-state index in [0.717, 1.165) is 23.6 Å². The van der Waals surface area contributed by atoms with E-state index in [1.165, 1.54) is 12.1 Å². The van der Waals surface area contributed by atoms with E-state index in [1.807, 2.05) is 17.0 Å². The van der Waals surface area contributed by atoms with Gasteiger partial charge in [-0.3, -0.25) is 0 Å². The molecule has 0 fully saturated rings. The van der Waals surface area contributed by atoms with Crippen molar-refractivity contribution in [2.75, 3.05) is 18.0 Å². The Morgan fingerprint density at radius 1 is 1.24 bits per heavy atom. The second kappa shape index (κ2) is 7.13. The van der Waals surface area contributed by atoms with Crippen molar-refractivity contribution in [3.05, 3.63) is 48.2 Å². The molecular formula is C16H21FN4. The fourth-order valence-corrected chi connectivity index (χ4v) is 2.09. The van der Waals surface area contributed by atoms with Crippen molar-refractivity contribution >= 4 is 11.5 Å². The lowest BCUT2D eigenvalue weighted by molar-refractivity contribution is 0.627. The highest BCUT2D eigenvalue weighted by molar-refractivity contribution is 5.60. The Hall–Kier alpha value is -2.01. The molecule has 1 heterocycles. The van der Waals surface area contributed by atoms with Gasteiger partial charge in [-0.05, 0) is 37.1 Å². The van der Waals surface area contributed by atoms with Gasteiger partial charge < -0.3 is 10.6 Å². The molecule has 0 aliphatic heterocycles. The topological polar surface area (TPSA) is 55.0 Å². The van der Waals surface area contributed by atoms with Crippen LogP contribution in [0.25, 0.3) is 0 Å². The van der Waals surface area contributed by atoms with Crippen LogP contribution >= 0.6 is 0 Å². The Balaban J connectivity index is 2.37. The molecule has 1 aromatic carbocycles. The molecule has 0 radical (unpaired) electrons. The molecule has 2 aromatic rings. The summed E-state index contributed by atoms with van der Waals surface area (Å²) >= 11 is 0. The van der Waals surface area contributed by atoms with Gasteiger partial charge in [-0.2, -0.15) is 0 Å². The average molecular weight is 288 g/mol. The lowest BCUT2D eigenvalue weighted by atomic mass is 10.1. The van der Waals surface area contributed by atoms with Crippen molar-refractivity contribution in [1.29, 1.82) is 0 Å². The monoisotopic (exact) mass is 288 g/mol. The van der Waals surface area contributed by atoms with E-state index in [9.17, 15) is 4.39 Å². The maximum atomic E-state index is 13.5. The lowest BCUT2D eigenvalue weighted by Gasteiger charge is -2.24. The Kier molecular flexibility index (Phi) is 5.22. The van der Waals surface area contributed by atoms with Crippen LogP contribution in [0.3, 0.4) is 0 Å². The third-order valence-electron chi connectivity index (χ3n) is 3.25. The van der Waals surface area contributed by atoms with Gasteiger partial charge in [0.2, 0.25) is 0 Å². The molecule has 0 spiro atoms. The number of hydrogen-bond donors (Lipinski definition) is 1. The summed E-state index contributed by atoms with van der Waals surface area (Å²) < 4.78 is 13.5. The number of hydrogen-bond acceptors (Lipinski definition) is 4. The third kappa shape index (κ3) is 3.98. The van der Waals surface area contributed by atoms with Crippen LogP contribution < -0.4 is 10.6 Å². The first-order valence-electron chi connectivity index (χ1n) is 7.17. The largest absolute Gasteiger partial charge is 0.330 e. The summed E-state index contributed by atoms with van der Waals surface area (Å²) in [7, 11) is 0. The Morgan fingerprint density at radius 2 is 2.05 bits per heavy atom. The molecule has 0 atom stereocenters. The Morgan fingerprint density at radius 3 is 2.71 bits per heavy atom. The minimum atomic E-state index is -0.261. The lowest BCUT2D eigenvalue weighted by Crippen LogP contribution is -2.22. The maximum absolute atomic E-state index is 13.5. The van der Waals surface area contributed by atoms with E-state index in [0.29, 0.717) is 19.0 Å². The zero-order valence-corrected chi connectivity index (χ0v) is 12.5. The molecule has 0 unspecified atom stereocenters. The van der Waals surface area contributed by atoms with Crippen LogP contribution in [0.1, 0.15) is 31.9 Å². The molecule has 21 heavy (non-hydrogen) atoms. The minimum absolute atomic E-state index is 0.261. The molecule has 112 valence electrons. The van der Waals surface area contributed by atoms with Crippen LogP contribution in [0.5, 0.6) is 0 Å². The molecule has 0 aliphatic carbocycles. The number of aromatic nitrogens is 2. The number of rotatable bonds is 6. The zero-order chi connectivity index (χ0) is 15.2. The number of anilines is 2. The smallest absolute Gasteiger partial charge is 0.136 e. The molecule has 0 amide bonds. The van der Waals surface area contributed by atoms with E-state index >= 15 is 0 Å². The second-order valence-electron chi connectivity index (χ2n) is 5.23. The normalized spacial score (nSPS) is 10.9. The molecule has 2 rings (SSSR count). The van der Waals surface area contributed by atoms with Gasteiger partial charge in [0.25, 0.3) is 0 Å². The second-order valence-corrected chi connectivity index (χ2v) is 5.23. The Bertz CT molecular complexity index is 586. The summed E-state index contributed by atoms with van der Waals surface area (Å²) in [5, 5.41) is 0. The van der Waals surface area contributed by atoms with Crippen LogP contribution in [-0.2, 0) is 0 Å². The van der Waals surface area contributed by atoms with E-state index in [2.05, 4.69) is 23.8 Å². The molecule has 4 nitrogen and oxygen atoms in total. The van der Waals surface area contributed by atoms with Gasteiger partial charge in [-0.15, -0.1) is 0 Å². The molecule has 0 bridgehead atoms. The van der Waals surface area contributed by atoms with Gasteiger partial charge in [0.05, 0.1) is 0 Å². The fraction of sp³-hybridized carbons (Fsp3) is 0.375. The summed E-state index contributed by atoms with van der Waals surface area (Å²) in [6.07, 6.45) is 2.36. The molecule has 2 N–H and O–H groups in total. The van der Waals surface area contributed by atoms with Crippen molar-refractivity contribution in [3.63, 3.8) is 0 Å². The SMILES string of the molecule is CC(C)c1cc(N(CCCN)c2cccc(F)c2)ncn1. The van der Waals surface area contributed by atoms with Gasteiger partial charge in [0.1, 0.15) is 18.0 Å². The molecule has 0 saturated heterocycles. The highest BCUT2D eigenvalue weighted by Crippen LogP contribution is 2.26. The predicted octanol–water partition coefficient (Wildman–Crippen LogP) is 3.23. The summed E-state index contributed by atoms with van der Waals surface area (Å²) in [6, 6.07) is 8.46. The van der Waals surface area contributed by atoms with Gasteiger partial charge in [0.15, 0.2) is 0 Å². The van der Waals surface area contributed by atoms with E-state index < -0.39 is 0 Å². The van der Waals surface area contributed by atoms with Crippen LogP contribution in [0.4, 0.5) is 15.9 Å². The minimum Gasteiger partial charge on any atom is -0.330 e. The van der Waals surface area contributed by atoms with Crippen LogP contribution in [0.15, 0.2) is 36.7 Å². The molecule has 0 aliphatic rings. The van der Waals surface area contributed by atoms with Crippen molar-refractivity contribution in [1.82, 2.24) is 9.97 Å².